The van der Waals surface area contributed by atoms with Crippen LogP contribution in [0.3, 0.4) is 0 Å². The normalized spacial score (nSPS) is 12.7. The molecule has 0 fully saturated rings. The number of halogens is 1. The van der Waals surface area contributed by atoms with Crippen LogP contribution < -0.4 is 5.32 Å². The Labute approximate surface area is 106 Å². The monoisotopic (exact) mass is 249 g/mol. The van der Waals surface area contributed by atoms with E-state index >= 15 is 0 Å². The van der Waals surface area contributed by atoms with E-state index in [9.17, 15) is 0 Å². The van der Waals surface area contributed by atoms with Gasteiger partial charge in [0.15, 0.2) is 0 Å². The summed E-state index contributed by atoms with van der Waals surface area (Å²) < 4.78 is 1.88. The van der Waals surface area contributed by atoms with Crippen molar-refractivity contribution in [2.75, 3.05) is 7.05 Å². The van der Waals surface area contributed by atoms with Gasteiger partial charge in [-0.15, -0.1) is 0 Å². The molecule has 0 amide bonds. The minimum absolute atomic E-state index is 0.284. The average molecular weight is 250 g/mol. The summed E-state index contributed by atoms with van der Waals surface area (Å²) in [6.45, 7) is 4.17. The first-order chi connectivity index (χ1) is 8.15. The van der Waals surface area contributed by atoms with Crippen LogP contribution >= 0.6 is 11.6 Å². The molecule has 0 aliphatic rings. The number of benzene rings is 1. The molecule has 3 nitrogen and oxygen atoms in total. The van der Waals surface area contributed by atoms with Gasteiger partial charge in [0.1, 0.15) is 0 Å². The van der Waals surface area contributed by atoms with Crippen molar-refractivity contribution in [2.24, 2.45) is 0 Å². The Hall–Kier alpha value is -1.32. The van der Waals surface area contributed by atoms with Gasteiger partial charge in [-0.1, -0.05) is 23.7 Å². The third-order valence-corrected chi connectivity index (χ3v) is 3.35. The zero-order valence-corrected chi connectivity index (χ0v) is 11.0. The summed E-state index contributed by atoms with van der Waals surface area (Å²) >= 11 is 6.18. The maximum absolute atomic E-state index is 6.18. The molecular formula is C13H16ClN3. The molecule has 1 unspecified atom stereocenters. The third kappa shape index (κ3) is 2.21. The number of nitrogens with one attached hydrogen (secondary N) is 1. The molecule has 2 rings (SSSR count). The van der Waals surface area contributed by atoms with Crippen molar-refractivity contribution in [1.82, 2.24) is 15.1 Å². The quantitative estimate of drug-likeness (QED) is 0.906. The summed E-state index contributed by atoms with van der Waals surface area (Å²) in [5, 5.41) is 8.33. The first kappa shape index (κ1) is 12.1. The Morgan fingerprint density at radius 2 is 2.06 bits per heavy atom. The summed E-state index contributed by atoms with van der Waals surface area (Å²) in [6.07, 6.45) is 1.89. The molecule has 0 radical (unpaired) electrons. The number of hydrogen-bond donors (Lipinski definition) is 1. The highest BCUT2D eigenvalue weighted by atomic mass is 35.5. The first-order valence-corrected chi connectivity index (χ1v) is 5.99. The lowest BCUT2D eigenvalue weighted by Crippen LogP contribution is -2.13. The molecular weight excluding hydrogens is 234 g/mol. The van der Waals surface area contributed by atoms with Crippen LogP contribution in [-0.2, 0) is 0 Å². The van der Waals surface area contributed by atoms with E-state index < -0.39 is 0 Å². The molecule has 90 valence electrons. The molecule has 0 spiro atoms. The van der Waals surface area contributed by atoms with Gasteiger partial charge in [-0.25, -0.2) is 4.68 Å². The van der Waals surface area contributed by atoms with Crippen LogP contribution in [-0.4, -0.2) is 16.8 Å². The van der Waals surface area contributed by atoms with E-state index in [-0.39, 0.29) is 6.04 Å². The number of para-hydroxylation sites is 1. The molecule has 17 heavy (non-hydrogen) atoms. The van der Waals surface area contributed by atoms with E-state index in [1.165, 1.54) is 5.56 Å². The fourth-order valence-corrected chi connectivity index (χ4v) is 2.09. The second-order valence-corrected chi connectivity index (χ2v) is 4.47. The lowest BCUT2D eigenvalue weighted by atomic mass is 10.1. The number of nitrogens with zero attached hydrogens (tertiary/aromatic N) is 2. The molecule has 1 N–H and O–H groups in total. The predicted molar refractivity (Wildman–Crippen MR) is 70.8 cm³/mol. The molecule has 1 aromatic heterocycles. The number of aromatic nitrogens is 2. The summed E-state index contributed by atoms with van der Waals surface area (Å²) in [5.41, 5.74) is 3.22. The second kappa shape index (κ2) is 4.90. The zero-order chi connectivity index (χ0) is 12.4. The van der Waals surface area contributed by atoms with Gasteiger partial charge in [0.25, 0.3) is 0 Å². The minimum Gasteiger partial charge on any atom is -0.313 e. The minimum atomic E-state index is 0.284. The van der Waals surface area contributed by atoms with Gasteiger partial charge in [-0.2, -0.15) is 5.10 Å². The fourth-order valence-electron chi connectivity index (χ4n) is 1.87. The largest absolute Gasteiger partial charge is 0.313 e. The van der Waals surface area contributed by atoms with E-state index in [4.69, 9.17) is 11.6 Å². The Morgan fingerprint density at radius 1 is 1.35 bits per heavy atom. The van der Waals surface area contributed by atoms with Crippen LogP contribution in [0, 0.1) is 6.92 Å². The number of hydrogen-bond acceptors (Lipinski definition) is 2. The second-order valence-electron chi connectivity index (χ2n) is 4.06. The van der Waals surface area contributed by atoms with Crippen LogP contribution in [0.4, 0.5) is 0 Å². The van der Waals surface area contributed by atoms with E-state index in [1.807, 2.05) is 42.2 Å². The van der Waals surface area contributed by atoms with E-state index in [0.29, 0.717) is 5.02 Å². The van der Waals surface area contributed by atoms with Crippen molar-refractivity contribution in [3.05, 3.63) is 46.7 Å². The Kier molecular flexibility index (Phi) is 3.50. The first-order valence-electron chi connectivity index (χ1n) is 5.62. The highest BCUT2D eigenvalue weighted by Crippen LogP contribution is 2.24. The molecule has 0 saturated heterocycles. The zero-order valence-electron chi connectivity index (χ0n) is 10.2. The lowest BCUT2D eigenvalue weighted by Gasteiger charge is -2.11. The van der Waals surface area contributed by atoms with Gasteiger partial charge in [0, 0.05) is 17.3 Å². The van der Waals surface area contributed by atoms with Crippen LogP contribution in [0.2, 0.25) is 5.02 Å². The van der Waals surface area contributed by atoms with Crippen LogP contribution in [0.5, 0.6) is 0 Å². The Balaban J connectivity index is 2.48. The maximum Gasteiger partial charge on any atom is 0.0834 e. The SMILES string of the molecule is CNC(C)c1cnn(-c2ccccc2Cl)c1C. The molecule has 0 aliphatic heterocycles. The molecule has 2 aromatic rings. The van der Waals surface area contributed by atoms with Gasteiger partial charge in [-0.05, 0) is 33.0 Å². The van der Waals surface area contributed by atoms with E-state index in [1.54, 1.807) is 0 Å². The van der Waals surface area contributed by atoms with Crippen molar-refractivity contribution in [1.29, 1.82) is 0 Å². The molecule has 0 bridgehead atoms. The van der Waals surface area contributed by atoms with Crippen molar-refractivity contribution >= 4 is 11.6 Å². The van der Waals surface area contributed by atoms with E-state index in [2.05, 4.69) is 24.3 Å². The highest BCUT2D eigenvalue weighted by molar-refractivity contribution is 6.32. The maximum atomic E-state index is 6.18. The van der Waals surface area contributed by atoms with Gasteiger partial charge in [-0.3, -0.25) is 0 Å². The standard InChI is InChI=1S/C13H16ClN3/c1-9(15-3)11-8-16-17(10(11)2)13-7-5-4-6-12(13)14/h4-9,15H,1-3H3. The van der Waals surface area contributed by atoms with Gasteiger partial charge in [0.2, 0.25) is 0 Å². The molecule has 0 saturated carbocycles. The van der Waals surface area contributed by atoms with Crippen molar-refractivity contribution in [3.8, 4) is 5.69 Å². The molecule has 1 aromatic carbocycles. The summed E-state index contributed by atoms with van der Waals surface area (Å²) in [5.74, 6) is 0. The average Bonchev–Trinajstić information content (AvgIpc) is 2.71. The Morgan fingerprint density at radius 3 is 2.71 bits per heavy atom. The lowest BCUT2D eigenvalue weighted by molar-refractivity contribution is 0.647. The van der Waals surface area contributed by atoms with Gasteiger partial charge < -0.3 is 5.32 Å². The van der Waals surface area contributed by atoms with Crippen LogP contribution in [0.25, 0.3) is 5.69 Å². The third-order valence-electron chi connectivity index (χ3n) is 3.03. The van der Waals surface area contributed by atoms with Crippen molar-refractivity contribution in [3.63, 3.8) is 0 Å². The molecule has 0 aliphatic carbocycles. The summed E-state index contributed by atoms with van der Waals surface area (Å²) in [7, 11) is 1.94. The van der Waals surface area contributed by atoms with Crippen LogP contribution in [0.15, 0.2) is 30.5 Å². The summed E-state index contributed by atoms with van der Waals surface area (Å²) in [4.78, 5) is 0. The fraction of sp³-hybridized carbons (Fsp3) is 0.308. The van der Waals surface area contributed by atoms with Gasteiger partial charge >= 0.3 is 0 Å². The highest BCUT2D eigenvalue weighted by Gasteiger charge is 2.13. The van der Waals surface area contributed by atoms with Crippen molar-refractivity contribution in [2.45, 2.75) is 19.9 Å². The summed E-state index contributed by atoms with van der Waals surface area (Å²) in [6, 6.07) is 8.01. The van der Waals surface area contributed by atoms with Crippen LogP contribution in [0.1, 0.15) is 24.2 Å². The molecule has 4 heteroatoms. The predicted octanol–water partition coefficient (Wildman–Crippen LogP) is 3.11. The smallest absolute Gasteiger partial charge is 0.0834 e. The Bertz CT molecular complexity index is 519. The number of rotatable bonds is 3. The molecule has 1 heterocycles. The van der Waals surface area contributed by atoms with E-state index in [0.717, 1.165) is 11.4 Å². The molecule has 1 atom stereocenters. The van der Waals surface area contributed by atoms with Gasteiger partial charge in [0.05, 0.1) is 16.9 Å². The topological polar surface area (TPSA) is 29.9 Å². The van der Waals surface area contributed by atoms with Crippen molar-refractivity contribution < 1.29 is 0 Å².